The van der Waals surface area contributed by atoms with Gasteiger partial charge in [0, 0.05) is 6.54 Å². The highest BCUT2D eigenvalue weighted by atomic mass is 14.9. The summed E-state index contributed by atoms with van der Waals surface area (Å²) in [6.45, 7) is 11.0. The number of nitrogens with one attached hydrogen (secondary N) is 1. The molecule has 0 aliphatic heterocycles. The SMILES string of the molecule is CCC(=Cc1ccccc1CC)CNCC(C)C. The van der Waals surface area contributed by atoms with Crippen LogP contribution >= 0.6 is 0 Å². The molecule has 0 bridgehead atoms. The second-order valence-electron chi connectivity index (χ2n) is 5.23. The Kier molecular flexibility index (Phi) is 6.74. The monoisotopic (exact) mass is 245 g/mol. The number of aryl methyl sites for hydroxylation is 1. The van der Waals surface area contributed by atoms with E-state index in [1.165, 1.54) is 16.7 Å². The molecule has 1 N–H and O–H groups in total. The lowest BCUT2D eigenvalue weighted by Crippen LogP contribution is -2.21. The second-order valence-corrected chi connectivity index (χ2v) is 5.23. The Labute approximate surface area is 112 Å². The van der Waals surface area contributed by atoms with Gasteiger partial charge in [-0.3, -0.25) is 0 Å². The zero-order chi connectivity index (χ0) is 13.4. The van der Waals surface area contributed by atoms with Crippen LogP contribution in [0.4, 0.5) is 0 Å². The Morgan fingerprint density at radius 3 is 2.56 bits per heavy atom. The standard InChI is InChI=1S/C17H27N/c1-5-15(13-18-12-14(3)4)11-17-10-8-7-9-16(17)6-2/h7-11,14,18H,5-6,12-13H2,1-4H3. The molecule has 0 saturated heterocycles. The van der Waals surface area contributed by atoms with E-state index in [0.29, 0.717) is 5.92 Å². The molecule has 100 valence electrons. The molecule has 0 amide bonds. The lowest BCUT2D eigenvalue weighted by atomic mass is 10.0. The smallest absolute Gasteiger partial charge is 0.0167 e. The quantitative estimate of drug-likeness (QED) is 0.755. The minimum absolute atomic E-state index is 0.714. The van der Waals surface area contributed by atoms with Crippen molar-refractivity contribution in [3.05, 3.63) is 41.0 Å². The molecular weight excluding hydrogens is 218 g/mol. The fraction of sp³-hybridized carbons (Fsp3) is 0.529. The fourth-order valence-corrected chi connectivity index (χ4v) is 2.02. The van der Waals surface area contributed by atoms with Crippen molar-refractivity contribution < 1.29 is 0 Å². The first-order chi connectivity index (χ1) is 8.67. The summed E-state index contributed by atoms with van der Waals surface area (Å²) in [7, 11) is 0. The molecule has 0 aliphatic rings. The molecule has 0 unspecified atom stereocenters. The lowest BCUT2D eigenvalue weighted by Gasteiger charge is -2.11. The maximum absolute atomic E-state index is 3.53. The first kappa shape index (κ1) is 15.0. The van der Waals surface area contributed by atoms with Crippen LogP contribution in [0.25, 0.3) is 6.08 Å². The molecule has 0 heterocycles. The summed E-state index contributed by atoms with van der Waals surface area (Å²) in [6.07, 6.45) is 4.57. The average molecular weight is 245 g/mol. The summed E-state index contributed by atoms with van der Waals surface area (Å²) in [5.74, 6) is 0.714. The molecule has 0 fully saturated rings. The van der Waals surface area contributed by atoms with Crippen LogP contribution in [0.5, 0.6) is 0 Å². The van der Waals surface area contributed by atoms with E-state index in [0.717, 1.165) is 25.9 Å². The summed E-state index contributed by atoms with van der Waals surface area (Å²) in [5, 5.41) is 3.53. The van der Waals surface area contributed by atoms with Crippen molar-refractivity contribution in [3.8, 4) is 0 Å². The van der Waals surface area contributed by atoms with Crippen molar-refractivity contribution in [2.75, 3.05) is 13.1 Å². The number of rotatable bonds is 7. The van der Waals surface area contributed by atoms with E-state index in [4.69, 9.17) is 0 Å². The van der Waals surface area contributed by atoms with Gasteiger partial charge < -0.3 is 5.32 Å². The Hall–Kier alpha value is -1.08. The Balaban J connectivity index is 2.71. The van der Waals surface area contributed by atoms with Crippen LogP contribution in [0, 0.1) is 5.92 Å². The van der Waals surface area contributed by atoms with Gasteiger partial charge in [0.1, 0.15) is 0 Å². The highest BCUT2D eigenvalue weighted by Gasteiger charge is 2.00. The average Bonchev–Trinajstić information content (AvgIpc) is 2.37. The highest BCUT2D eigenvalue weighted by molar-refractivity contribution is 5.57. The third-order valence-corrected chi connectivity index (χ3v) is 3.15. The Morgan fingerprint density at radius 1 is 1.22 bits per heavy atom. The summed E-state index contributed by atoms with van der Waals surface area (Å²) >= 11 is 0. The van der Waals surface area contributed by atoms with Crippen molar-refractivity contribution in [1.29, 1.82) is 0 Å². The summed E-state index contributed by atoms with van der Waals surface area (Å²) < 4.78 is 0. The molecular formula is C17H27N. The van der Waals surface area contributed by atoms with Gasteiger partial charge >= 0.3 is 0 Å². The molecule has 18 heavy (non-hydrogen) atoms. The minimum Gasteiger partial charge on any atom is -0.313 e. The molecule has 0 saturated carbocycles. The molecule has 1 rings (SSSR count). The van der Waals surface area contributed by atoms with Gasteiger partial charge in [0.05, 0.1) is 0 Å². The van der Waals surface area contributed by atoms with E-state index in [2.05, 4.69) is 63.4 Å². The van der Waals surface area contributed by atoms with Gasteiger partial charge in [0.25, 0.3) is 0 Å². The van der Waals surface area contributed by atoms with Crippen LogP contribution < -0.4 is 5.32 Å². The molecule has 0 radical (unpaired) electrons. The molecule has 1 aromatic carbocycles. The normalized spacial score (nSPS) is 12.2. The number of hydrogen-bond acceptors (Lipinski definition) is 1. The van der Waals surface area contributed by atoms with Crippen LogP contribution in [0.2, 0.25) is 0 Å². The topological polar surface area (TPSA) is 12.0 Å². The van der Waals surface area contributed by atoms with Crippen LogP contribution in [0.3, 0.4) is 0 Å². The number of benzene rings is 1. The molecule has 0 atom stereocenters. The van der Waals surface area contributed by atoms with Gasteiger partial charge in [0.15, 0.2) is 0 Å². The first-order valence-electron chi connectivity index (χ1n) is 7.15. The molecule has 0 aliphatic carbocycles. The van der Waals surface area contributed by atoms with Gasteiger partial charge in [-0.25, -0.2) is 0 Å². The van der Waals surface area contributed by atoms with Crippen LogP contribution in [-0.2, 0) is 6.42 Å². The first-order valence-corrected chi connectivity index (χ1v) is 7.15. The molecule has 1 nitrogen and oxygen atoms in total. The van der Waals surface area contributed by atoms with E-state index in [1.807, 2.05) is 0 Å². The zero-order valence-electron chi connectivity index (χ0n) is 12.3. The third-order valence-electron chi connectivity index (χ3n) is 3.15. The van der Waals surface area contributed by atoms with Gasteiger partial charge in [-0.05, 0) is 36.4 Å². The third kappa shape index (κ3) is 5.05. The highest BCUT2D eigenvalue weighted by Crippen LogP contribution is 2.15. The predicted molar refractivity (Wildman–Crippen MR) is 81.8 cm³/mol. The maximum atomic E-state index is 3.53. The Bertz CT molecular complexity index is 377. The van der Waals surface area contributed by atoms with Gasteiger partial charge in [-0.1, -0.05) is 63.6 Å². The van der Waals surface area contributed by atoms with Crippen molar-refractivity contribution in [3.63, 3.8) is 0 Å². The summed E-state index contributed by atoms with van der Waals surface area (Å²) in [4.78, 5) is 0. The van der Waals surface area contributed by atoms with Crippen molar-refractivity contribution in [2.24, 2.45) is 5.92 Å². The van der Waals surface area contributed by atoms with Crippen molar-refractivity contribution in [2.45, 2.75) is 40.5 Å². The summed E-state index contributed by atoms with van der Waals surface area (Å²) in [5.41, 5.74) is 4.30. The molecule has 0 spiro atoms. The van der Waals surface area contributed by atoms with Crippen LogP contribution in [-0.4, -0.2) is 13.1 Å². The van der Waals surface area contributed by atoms with Gasteiger partial charge in [0.2, 0.25) is 0 Å². The maximum Gasteiger partial charge on any atom is 0.0167 e. The molecule has 1 heteroatoms. The second kappa shape index (κ2) is 8.10. The minimum atomic E-state index is 0.714. The molecule has 0 aromatic heterocycles. The zero-order valence-corrected chi connectivity index (χ0v) is 12.3. The van der Waals surface area contributed by atoms with Gasteiger partial charge in [-0.2, -0.15) is 0 Å². The van der Waals surface area contributed by atoms with Crippen LogP contribution in [0.15, 0.2) is 29.8 Å². The predicted octanol–water partition coefficient (Wildman–Crippen LogP) is 4.29. The van der Waals surface area contributed by atoms with E-state index < -0.39 is 0 Å². The number of hydrogen-bond donors (Lipinski definition) is 1. The van der Waals surface area contributed by atoms with Crippen LogP contribution in [0.1, 0.15) is 45.2 Å². The van der Waals surface area contributed by atoms with E-state index in [1.54, 1.807) is 0 Å². The van der Waals surface area contributed by atoms with Crippen molar-refractivity contribution >= 4 is 6.08 Å². The fourth-order valence-electron chi connectivity index (χ4n) is 2.02. The Morgan fingerprint density at radius 2 is 1.94 bits per heavy atom. The van der Waals surface area contributed by atoms with Crippen molar-refractivity contribution in [1.82, 2.24) is 5.32 Å². The van der Waals surface area contributed by atoms with E-state index in [9.17, 15) is 0 Å². The van der Waals surface area contributed by atoms with Gasteiger partial charge in [-0.15, -0.1) is 0 Å². The largest absolute Gasteiger partial charge is 0.313 e. The lowest BCUT2D eigenvalue weighted by molar-refractivity contribution is 0.569. The van der Waals surface area contributed by atoms with E-state index in [-0.39, 0.29) is 0 Å². The summed E-state index contributed by atoms with van der Waals surface area (Å²) in [6, 6.07) is 8.69. The molecule has 1 aromatic rings. The van der Waals surface area contributed by atoms with E-state index >= 15 is 0 Å².